The van der Waals surface area contributed by atoms with Crippen LogP contribution in [0.15, 0.2) is 24.3 Å². The molecule has 1 aromatic carbocycles. The van der Waals surface area contributed by atoms with Gasteiger partial charge in [-0.1, -0.05) is 24.6 Å². The minimum Gasteiger partial charge on any atom is -0.372 e. The molecule has 128 valence electrons. The van der Waals surface area contributed by atoms with E-state index in [1.54, 1.807) is 0 Å². The Morgan fingerprint density at radius 2 is 1.48 bits per heavy atom. The molecule has 1 aromatic rings. The highest BCUT2D eigenvalue weighted by Crippen LogP contribution is 2.25. The number of nitrogens with zero attached hydrogens (tertiary/aromatic N) is 3. The number of piperidine rings is 1. The Kier molecular flexibility index (Phi) is 5.96. The van der Waals surface area contributed by atoms with Crippen LogP contribution >= 0.6 is 0 Å². The summed E-state index contributed by atoms with van der Waals surface area (Å²) >= 11 is 0. The molecule has 2 saturated heterocycles. The zero-order valence-electron chi connectivity index (χ0n) is 15.0. The van der Waals surface area contributed by atoms with Gasteiger partial charge in [-0.3, -0.25) is 0 Å². The lowest BCUT2D eigenvalue weighted by Crippen LogP contribution is -2.46. The summed E-state index contributed by atoms with van der Waals surface area (Å²) in [5.74, 6) is 0.931. The molecule has 0 atom stereocenters. The number of aryl methyl sites for hydroxylation is 1. The van der Waals surface area contributed by atoms with Crippen molar-refractivity contribution in [3.8, 4) is 0 Å². The molecule has 2 heterocycles. The average molecular weight is 316 g/mol. The molecule has 0 aromatic heterocycles. The SMILES string of the molecule is CCN1CCN(CCC2CCN(c3ccc(C)cc3)CC2)CC1. The molecule has 0 radical (unpaired) electrons. The van der Waals surface area contributed by atoms with Gasteiger partial charge in [0.15, 0.2) is 0 Å². The summed E-state index contributed by atoms with van der Waals surface area (Å²) in [6.45, 7) is 14.5. The number of hydrogen-bond donors (Lipinski definition) is 0. The summed E-state index contributed by atoms with van der Waals surface area (Å²) in [5.41, 5.74) is 2.76. The van der Waals surface area contributed by atoms with Gasteiger partial charge in [0.05, 0.1) is 0 Å². The van der Waals surface area contributed by atoms with Crippen molar-refractivity contribution < 1.29 is 0 Å². The summed E-state index contributed by atoms with van der Waals surface area (Å²) in [4.78, 5) is 7.81. The van der Waals surface area contributed by atoms with Crippen LogP contribution in [-0.4, -0.2) is 62.2 Å². The van der Waals surface area contributed by atoms with Gasteiger partial charge in [0.1, 0.15) is 0 Å². The Morgan fingerprint density at radius 3 is 2.09 bits per heavy atom. The second-order valence-electron chi connectivity index (χ2n) is 7.33. The summed E-state index contributed by atoms with van der Waals surface area (Å²) in [5, 5.41) is 0. The third kappa shape index (κ3) is 4.71. The maximum atomic E-state index is 2.68. The highest BCUT2D eigenvalue weighted by molar-refractivity contribution is 5.47. The molecule has 2 aliphatic heterocycles. The number of benzene rings is 1. The van der Waals surface area contributed by atoms with Crippen LogP contribution in [0.2, 0.25) is 0 Å². The van der Waals surface area contributed by atoms with Gasteiger partial charge < -0.3 is 14.7 Å². The lowest BCUT2D eigenvalue weighted by molar-refractivity contribution is 0.129. The van der Waals surface area contributed by atoms with Crippen LogP contribution in [0.1, 0.15) is 31.7 Å². The Bertz CT molecular complexity index is 454. The van der Waals surface area contributed by atoms with Gasteiger partial charge in [-0.2, -0.15) is 0 Å². The van der Waals surface area contributed by atoms with Crippen molar-refractivity contribution in [2.45, 2.75) is 33.1 Å². The predicted molar refractivity (Wildman–Crippen MR) is 99.3 cm³/mol. The number of piperazine rings is 1. The quantitative estimate of drug-likeness (QED) is 0.826. The van der Waals surface area contributed by atoms with E-state index in [2.05, 4.69) is 52.8 Å². The van der Waals surface area contributed by atoms with Crippen LogP contribution < -0.4 is 4.90 Å². The molecule has 2 fully saturated rings. The monoisotopic (exact) mass is 315 g/mol. The number of anilines is 1. The first-order chi connectivity index (χ1) is 11.2. The van der Waals surface area contributed by atoms with E-state index in [-0.39, 0.29) is 0 Å². The van der Waals surface area contributed by atoms with Gasteiger partial charge in [0.2, 0.25) is 0 Å². The molecule has 2 aliphatic rings. The van der Waals surface area contributed by atoms with E-state index >= 15 is 0 Å². The Morgan fingerprint density at radius 1 is 0.870 bits per heavy atom. The molecule has 23 heavy (non-hydrogen) atoms. The Labute approximate surface area is 142 Å². The second-order valence-corrected chi connectivity index (χ2v) is 7.33. The van der Waals surface area contributed by atoms with Crippen molar-refractivity contribution in [3.05, 3.63) is 29.8 Å². The molecule has 0 saturated carbocycles. The van der Waals surface area contributed by atoms with Gasteiger partial charge in [0, 0.05) is 45.0 Å². The lowest BCUT2D eigenvalue weighted by atomic mass is 9.93. The zero-order chi connectivity index (χ0) is 16.1. The first-order valence-electron chi connectivity index (χ1n) is 9.51. The smallest absolute Gasteiger partial charge is 0.0366 e. The van der Waals surface area contributed by atoms with Crippen LogP contribution in [0.4, 0.5) is 5.69 Å². The minimum absolute atomic E-state index is 0.931. The molecular formula is C20H33N3. The van der Waals surface area contributed by atoms with E-state index in [9.17, 15) is 0 Å². The third-order valence-corrected chi connectivity index (χ3v) is 5.78. The summed E-state index contributed by atoms with van der Waals surface area (Å²) < 4.78 is 0. The number of likely N-dealkylation sites (N-methyl/N-ethyl adjacent to an activating group) is 1. The van der Waals surface area contributed by atoms with Gasteiger partial charge in [-0.25, -0.2) is 0 Å². The first kappa shape index (κ1) is 16.8. The summed E-state index contributed by atoms with van der Waals surface area (Å²) in [6.07, 6.45) is 4.12. The zero-order valence-corrected chi connectivity index (χ0v) is 15.0. The molecule has 0 spiro atoms. The fraction of sp³-hybridized carbons (Fsp3) is 0.700. The summed E-state index contributed by atoms with van der Waals surface area (Å²) in [6, 6.07) is 9.03. The largest absolute Gasteiger partial charge is 0.372 e. The maximum Gasteiger partial charge on any atom is 0.0366 e. The van der Waals surface area contributed by atoms with Crippen molar-refractivity contribution in [2.75, 3.05) is 57.3 Å². The normalized spacial score (nSPS) is 21.7. The lowest BCUT2D eigenvalue weighted by Gasteiger charge is -2.37. The van der Waals surface area contributed by atoms with E-state index in [0.717, 1.165) is 5.92 Å². The van der Waals surface area contributed by atoms with E-state index < -0.39 is 0 Å². The van der Waals surface area contributed by atoms with Gasteiger partial charge in [-0.05, 0) is 57.3 Å². The Balaban J connectivity index is 1.37. The fourth-order valence-corrected chi connectivity index (χ4v) is 3.93. The first-order valence-corrected chi connectivity index (χ1v) is 9.51. The van der Waals surface area contributed by atoms with E-state index in [4.69, 9.17) is 0 Å². The van der Waals surface area contributed by atoms with Crippen LogP contribution in [0.5, 0.6) is 0 Å². The van der Waals surface area contributed by atoms with Crippen molar-refractivity contribution in [2.24, 2.45) is 5.92 Å². The molecule has 0 unspecified atom stereocenters. The second kappa shape index (κ2) is 8.16. The fourth-order valence-electron chi connectivity index (χ4n) is 3.93. The highest BCUT2D eigenvalue weighted by Gasteiger charge is 2.21. The van der Waals surface area contributed by atoms with E-state index in [0.29, 0.717) is 0 Å². The minimum atomic E-state index is 0.931. The molecule has 0 N–H and O–H groups in total. The predicted octanol–water partition coefficient (Wildman–Crippen LogP) is 3.24. The van der Waals surface area contributed by atoms with Crippen LogP contribution in [0.25, 0.3) is 0 Å². The molecule has 0 amide bonds. The molecule has 0 aliphatic carbocycles. The molecule has 3 nitrogen and oxygen atoms in total. The van der Waals surface area contributed by atoms with Gasteiger partial charge >= 0.3 is 0 Å². The van der Waals surface area contributed by atoms with Crippen molar-refractivity contribution >= 4 is 5.69 Å². The van der Waals surface area contributed by atoms with E-state index in [1.165, 1.54) is 82.9 Å². The maximum absolute atomic E-state index is 2.68. The van der Waals surface area contributed by atoms with Crippen molar-refractivity contribution in [1.29, 1.82) is 0 Å². The van der Waals surface area contributed by atoms with Crippen LogP contribution in [-0.2, 0) is 0 Å². The molecule has 3 heteroatoms. The summed E-state index contributed by atoms with van der Waals surface area (Å²) in [7, 11) is 0. The number of rotatable bonds is 5. The van der Waals surface area contributed by atoms with Gasteiger partial charge in [-0.15, -0.1) is 0 Å². The molecular weight excluding hydrogens is 282 g/mol. The average Bonchev–Trinajstić information content (AvgIpc) is 2.61. The molecule has 3 rings (SSSR count). The topological polar surface area (TPSA) is 9.72 Å². The molecule has 0 bridgehead atoms. The van der Waals surface area contributed by atoms with Crippen molar-refractivity contribution in [1.82, 2.24) is 9.80 Å². The van der Waals surface area contributed by atoms with Gasteiger partial charge in [0.25, 0.3) is 0 Å². The third-order valence-electron chi connectivity index (χ3n) is 5.78. The Hall–Kier alpha value is -1.06. The highest BCUT2D eigenvalue weighted by atomic mass is 15.3. The van der Waals surface area contributed by atoms with Crippen molar-refractivity contribution in [3.63, 3.8) is 0 Å². The van der Waals surface area contributed by atoms with Crippen LogP contribution in [0.3, 0.4) is 0 Å². The van der Waals surface area contributed by atoms with E-state index in [1.807, 2.05) is 0 Å². The standard InChI is InChI=1S/C20H33N3/c1-3-21-14-16-22(17-15-21)11-8-19-9-12-23(13-10-19)20-6-4-18(2)5-7-20/h4-7,19H,3,8-17H2,1-2H3. The number of hydrogen-bond acceptors (Lipinski definition) is 3. The van der Waals surface area contributed by atoms with Crippen LogP contribution in [0, 0.1) is 12.8 Å².